The van der Waals surface area contributed by atoms with E-state index >= 15 is 0 Å². The molecule has 0 aromatic heterocycles. The highest BCUT2D eigenvalue weighted by atomic mass is 16.1. The summed E-state index contributed by atoms with van der Waals surface area (Å²) >= 11 is 0. The monoisotopic (exact) mass is 239 g/mol. The van der Waals surface area contributed by atoms with E-state index in [4.69, 9.17) is 0 Å². The minimum Gasteiger partial charge on any atom is -0.354 e. The van der Waals surface area contributed by atoms with Gasteiger partial charge in [0.05, 0.1) is 0 Å². The molecule has 1 heterocycles. The van der Waals surface area contributed by atoms with Crippen molar-refractivity contribution >= 4 is 5.91 Å². The van der Waals surface area contributed by atoms with E-state index in [2.05, 4.69) is 15.5 Å². The number of amides is 1. The second-order valence-corrected chi connectivity index (χ2v) is 5.43. The molecule has 1 saturated carbocycles. The fourth-order valence-corrected chi connectivity index (χ4v) is 3.24. The Labute approximate surface area is 104 Å². The van der Waals surface area contributed by atoms with Crippen molar-refractivity contribution < 1.29 is 4.79 Å². The Morgan fingerprint density at radius 1 is 1.24 bits per heavy atom. The molecule has 0 unspecified atom stereocenters. The molecule has 0 aromatic rings. The van der Waals surface area contributed by atoms with E-state index in [0.29, 0.717) is 0 Å². The van der Waals surface area contributed by atoms with E-state index in [0.717, 1.165) is 32.7 Å². The van der Waals surface area contributed by atoms with Crippen LogP contribution in [0.2, 0.25) is 0 Å². The highest BCUT2D eigenvalue weighted by Crippen LogP contribution is 2.33. The first kappa shape index (κ1) is 12.8. The molecule has 4 heteroatoms. The maximum absolute atomic E-state index is 11.2. The first-order valence-electron chi connectivity index (χ1n) is 6.93. The number of carbonyl (C=O) groups is 1. The number of hydrogen-bond acceptors (Lipinski definition) is 3. The number of nitrogens with one attached hydrogen (secondary N) is 2. The van der Waals surface area contributed by atoms with Crippen LogP contribution >= 0.6 is 0 Å². The Balaban J connectivity index is 2.01. The standard InChI is InChI=1S/C13H25N3O/c1-12(17)15-11-13(5-3-2-4-6-13)16-9-7-14-8-10-16/h14H,2-11H2,1H3,(H,15,17). The molecule has 0 aromatic carbocycles. The predicted molar refractivity (Wildman–Crippen MR) is 68.9 cm³/mol. The number of carbonyl (C=O) groups excluding carboxylic acids is 1. The molecule has 1 amide bonds. The Morgan fingerprint density at radius 3 is 2.47 bits per heavy atom. The third-order valence-corrected chi connectivity index (χ3v) is 4.24. The van der Waals surface area contributed by atoms with E-state index < -0.39 is 0 Å². The lowest BCUT2D eigenvalue weighted by atomic mass is 9.79. The van der Waals surface area contributed by atoms with Crippen LogP contribution in [0.25, 0.3) is 0 Å². The van der Waals surface area contributed by atoms with Crippen molar-refractivity contribution in [3.8, 4) is 0 Å². The maximum Gasteiger partial charge on any atom is 0.216 e. The van der Waals surface area contributed by atoms with Crippen LogP contribution in [0.5, 0.6) is 0 Å². The van der Waals surface area contributed by atoms with Gasteiger partial charge in [-0.25, -0.2) is 0 Å². The summed E-state index contributed by atoms with van der Waals surface area (Å²) in [4.78, 5) is 13.8. The van der Waals surface area contributed by atoms with Crippen molar-refractivity contribution in [2.75, 3.05) is 32.7 Å². The Hall–Kier alpha value is -0.610. The molecule has 4 nitrogen and oxygen atoms in total. The van der Waals surface area contributed by atoms with Gasteiger partial charge in [-0.05, 0) is 12.8 Å². The smallest absolute Gasteiger partial charge is 0.216 e. The fourth-order valence-electron chi connectivity index (χ4n) is 3.24. The molecule has 1 aliphatic heterocycles. The first-order chi connectivity index (χ1) is 8.23. The summed E-state index contributed by atoms with van der Waals surface area (Å²) in [5.41, 5.74) is 0.242. The SMILES string of the molecule is CC(=O)NCC1(N2CCNCC2)CCCCC1. The molecule has 2 N–H and O–H groups in total. The molecule has 2 rings (SSSR count). The van der Waals surface area contributed by atoms with Gasteiger partial charge in [-0.2, -0.15) is 0 Å². The van der Waals surface area contributed by atoms with Gasteiger partial charge < -0.3 is 10.6 Å². The molecule has 0 radical (unpaired) electrons. The third-order valence-electron chi connectivity index (χ3n) is 4.24. The van der Waals surface area contributed by atoms with Crippen LogP contribution in [0.1, 0.15) is 39.0 Å². The minimum absolute atomic E-state index is 0.102. The van der Waals surface area contributed by atoms with Crippen LogP contribution in [0, 0.1) is 0 Å². The zero-order valence-corrected chi connectivity index (χ0v) is 10.9. The average Bonchev–Trinajstić information content (AvgIpc) is 2.39. The van der Waals surface area contributed by atoms with Crippen molar-refractivity contribution in [2.24, 2.45) is 0 Å². The predicted octanol–water partition coefficient (Wildman–Crippen LogP) is 0.731. The van der Waals surface area contributed by atoms with Gasteiger partial charge in [0.15, 0.2) is 0 Å². The van der Waals surface area contributed by atoms with Gasteiger partial charge in [0.25, 0.3) is 0 Å². The van der Waals surface area contributed by atoms with Gasteiger partial charge in [-0.1, -0.05) is 19.3 Å². The molecule has 2 fully saturated rings. The first-order valence-corrected chi connectivity index (χ1v) is 6.93. The molecular formula is C13H25N3O. The van der Waals surface area contributed by atoms with Crippen molar-refractivity contribution in [3.63, 3.8) is 0 Å². The van der Waals surface area contributed by atoms with Crippen LogP contribution in [-0.2, 0) is 4.79 Å². The quantitative estimate of drug-likeness (QED) is 0.763. The zero-order valence-electron chi connectivity index (χ0n) is 10.9. The maximum atomic E-state index is 11.2. The van der Waals surface area contributed by atoms with Crippen LogP contribution < -0.4 is 10.6 Å². The molecule has 0 bridgehead atoms. The summed E-state index contributed by atoms with van der Waals surface area (Å²) in [5, 5.41) is 6.46. The highest BCUT2D eigenvalue weighted by molar-refractivity contribution is 5.72. The van der Waals surface area contributed by atoms with Gasteiger partial charge in [0.2, 0.25) is 5.91 Å². The van der Waals surface area contributed by atoms with E-state index in [1.54, 1.807) is 6.92 Å². The Kier molecular flexibility index (Phi) is 4.40. The minimum atomic E-state index is 0.102. The normalized spacial score (nSPS) is 25.5. The number of rotatable bonds is 3. The van der Waals surface area contributed by atoms with Gasteiger partial charge in [0, 0.05) is 45.2 Å². The lowest BCUT2D eigenvalue weighted by Crippen LogP contribution is -2.61. The van der Waals surface area contributed by atoms with Gasteiger partial charge in [0.1, 0.15) is 0 Å². The largest absolute Gasteiger partial charge is 0.354 e. The molecule has 0 spiro atoms. The summed E-state index contributed by atoms with van der Waals surface area (Å²) in [6, 6.07) is 0. The molecule has 0 atom stereocenters. The third kappa shape index (κ3) is 3.19. The van der Waals surface area contributed by atoms with E-state index in [-0.39, 0.29) is 11.4 Å². The highest BCUT2D eigenvalue weighted by Gasteiger charge is 2.38. The fraction of sp³-hybridized carbons (Fsp3) is 0.923. The summed E-state index contributed by atoms with van der Waals surface area (Å²) in [6.45, 7) is 6.87. The molecule has 98 valence electrons. The van der Waals surface area contributed by atoms with Crippen molar-refractivity contribution in [1.29, 1.82) is 0 Å². The van der Waals surface area contributed by atoms with Crippen molar-refractivity contribution in [3.05, 3.63) is 0 Å². The number of nitrogens with zero attached hydrogens (tertiary/aromatic N) is 1. The van der Waals surface area contributed by atoms with Gasteiger partial charge >= 0.3 is 0 Å². The lowest BCUT2D eigenvalue weighted by molar-refractivity contribution is -0.119. The average molecular weight is 239 g/mol. The van der Waals surface area contributed by atoms with E-state index in [9.17, 15) is 4.79 Å². The second-order valence-electron chi connectivity index (χ2n) is 5.43. The summed E-state index contributed by atoms with van der Waals surface area (Å²) in [6.07, 6.45) is 6.46. The topological polar surface area (TPSA) is 44.4 Å². The summed E-state index contributed by atoms with van der Waals surface area (Å²) < 4.78 is 0. The van der Waals surface area contributed by atoms with Crippen molar-refractivity contribution in [2.45, 2.75) is 44.6 Å². The zero-order chi connectivity index (χ0) is 12.1. The molecule has 1 aliphatic carbocycles. The lowest BCUT2D eigenvalue weighted by Gasteiger charge is -2.48. The van der Waals surface area contributed by atoms with E-state index in [1.165, 1.54) is 32.1 Å². The Bertz CT molecular complexity index is 255. The number of piperazine rings is 1. The van der Waals surface area contributed by atoms with Crippen molar-refractivity contribution in [1.82, 2.24) is 15.5 Å². The molecule has 1 saturated heterocycles. The molecular weight excluding hydrogens is 214 g/mol. The van der Waals surface area contributed by atoms with E-state index in [1.807, 2.05) is 0 Å². The number of hydrogen-bond donors (Lipinski definition) is 2. The second kappa shape index (κ2) is 5.83. The molecule has 2 aliphatic rings. The van der Waals surface area contributed by atoms with Crippen LogP contribution in [0.15, 0.2) is 0 Å². The van der Waals surface area contributed by atoms with Gasteiger partial charge in [-0.15, -0.1) is 0 Å². The van der Waals surface area contributed by atoms with Crippen LogP contribution in [0.4, 0.5) is 0 Å². The van der Waals surface area contributed by atoms with Gasteiger partial charge in [-0.3, -0.25) is 9.69 Å². The summed E-state index contributed by atoms with van der Waals surface area (Å²) in [7, 11) is 0. The summed E-state index contributed by atoms with van der Waals surface area (Å²) in [5.74, 6) is 0.102. The van der Waals surface area contributed by atoms with Crippen LogP contribution in [0.3, 0.4) is 0 Å². The molecule has 17 heavy (non-hydrogen) atoms. The van der Waals surface area contributed by atoms with Crippen LogP contribution in [-0.4, -0.2) is 49.1 Å². The Morgan fingerprint density at radius 2 is 1.88 bits per heavy atom.